The van der Waals surface area contributed by atoms with Gasteiger partial charge in [-0.2, -0.15) is 0 Å². The Labute approximate surface area is 233 Å². The molecule has 0 radical (unpaired) electrons. The first-order chi connectivity index (χ1) is 19.9. The third-order valence-electron chi connectivity index (χ3n) is 6.70. The predicted molar refractivity (Wildman–Crippen MR) is 140 cm³/mol. The van der Waals surface area contributed by atoms with Crippen molar-refractivity contribution in [3.05, 3.63) is 99.6 Å². The number of oxazole rings is 1. The van der Waals surface area contributed by atoms with E-state index in [4.69, 9.17) is 9.15 Å². The summed E-state index contributed by atoms with van der Waals surface area (Å²) in [6, 6.07) is 15.1. The lowest BCUT2D eigenvalue weighted by molar-refractivity contribution is -0.274. The first kappa shape index (κ1) is 27.2. The molecule has 0 aliphatic carbocycles. The van der Waals surface area contributed by atoms with Gasteiger partial charge in [0.15, 0.2) is 5.58 Å². The van der Waals surface area contributed by atoms with Crippen LogP contribution >= 0.6 is 0 Å². The highest BCUT2D eigenvalue weighted by Crippen LogP contribution is 2.45. The van der Waals surface area contributed by atoms with Crippen LogP contribution in [0.25, 0.3) is 11.1 Å². The number of benzene rings is 3. The number of carbonyl (C=O) groups is 1. The van der Waals surface area contributed by atoms with E-state index in [1.807, 2.05) is 0 Å². The molecule has 1 atom stereocenters. The topological polar surface area (TPSA) is 97.1 Å². The van der Waals surface area contributed by atoms with Crippen molar-refractivity contribution in [2.75, 3.05) is 13.1 Å². The van der Waals surface area contributed by atoms with Crippen LogP contribution in [0.15, 0.2) is 92.1 Å². The molecule has 8 nitrogen and oxygen atoms in total. The van der Waals surface area contributed by atoms with Crippen molar-refractivity contribution < 1.29 is 40.6 Å². The maximum atomic E-state index is 14.3. The molecule has 0 bridgehead atoms. The third-order valence-corrected chi connectivity index (χ3v) is 6.70. The molecule has 3 heterocycles. The van der Waals surface area contributed by atoms with Gasteiger partial charge in [-0.05, 0) is 54.1 Å². The molecule has 2 aliphatic heterocycles. The van der Waals surface area contributed by atoms with Crippen LogP contribution in [0.4, 0.5) is 22.0 Å². The van der Waals surface area contributed by atoms with Gasteiger partial charge in [-0.25, -0.2) is 13.6 Å². The van der Waals surface area contributed by atoms with Crippen LogP contribution in [0.3, 0.4) is 0 Å². The number of halogens is 5. The van der Waals surface area contributed by atoms with Crippen molar-refractivity contribution in [2.24, 2.45) is 4.99 Å². The van der Waals surface area contributed by atoms with Crippen LogP contribution < -0.4 is 15.2 Å². The van der Waals surface area contributed by atoms with Gasteiger partial charge in [0, 0.05) is 23.6 Å². The fourth-order valence-electron chi connectivity index (χ4n) is 5.19. The van der Waals surface area contributed by atoms with Crippen LogP contribution in [0, 0.1) is 0 Å². The summed E-state index contributed by atoms with van der Waals surface area (Å²) in [7, 11) is 0. The number of amides is 1. The second kappa shape index (κ2) is 9.86. The van der Waals surface area contributed by atoms with E-state index >= 15 is 0 Å². The zero-order chi connectivity index (χ0) is 29.8. The molecule has 6 rings (SSSR count). The Hall–Kier alpha value is -4.94. The number of H-pyrrole nitrogens is 1. The molecule has 1 N–H and O–H groups in total. The zero-order valence-electron chi connectivity index (χ0n) is 21.7. The van der Waals surface area contributed by atoms with Crippen molar-refractivity contribution in [1.29, 1.82) is 0 Å². The molecule has 13 heteroatoms. The van der Waals surface area contributed by atoms with E-state index in [0.29, 0.717) is 27.9 Å². The summed E-state index contributed by atoms with van der Waals surface area (Å²) in [6.07, 6.45) is -4.84. The van der Waals surface area contributed by atoms with Crippen molar-refractivity contribution >= 4 is 22.7 Å². The number of ether oxygens (including phenoxy) is 2. The number of alkyl halides is 5. The van der Waals surface area contributed by atoms with Crippen molar-refractivity contribution in [2.45, 2.75) is 25.3 Å². The highest BCUT2D eigenvalue weighted by atomic mass is 19.4. The van der Waals surface area contributed by atoms with Gasteiger partial charge in [-0.3, -0.25) is 14.8 Å². The maximum absolute atomic E-state index is 14.3. The number of nitrogens with one attached hydrogen (secondary N) is 1. The lowest BCUT2D eigenvalue weighted by atomic mass is 9.91. The first-order valence-electron chi connectivity index (χ1n) is 12.6. The SMILES string of the molecule is CC(F)(F)CN1C(=O)C2=C(C(c3cccc4[nH]c(=O)oc34)=NC2)C1c1cccc(Oc2ccc(OC(F)(F)F)cc2)c1. The molecular formula is C29H20F5N3O5. The van der Waals surface area contributed by atoms with Gasteiger partial charge < -0.3 is 18.8 Å². The fraction of sp³-hybridized carbons (Fsp3) is 0.207. The van der Waals surface area contributed by atoms with E-state index in [2.05, 4.69) is 14.7 Å². The zero-order valence-corrected chi connectivity index (χ0v) is 21.7. The molecule has 0 spiro atoms. The second-order valence-corrected chi connectivity index (χ2v) is 9.85. The van der Waals surface area contributed by atoms with Crippen LogP contribution in [0.5, 0.6) is 17.2 Å². The number of hydrogen-bond donors (Lipinski definition) is 1. The molecule has 1 aromatic heterocycles. The number of aromatic nitrogens is 1. The van der Waals surface area contributed by atoms with E-state index in [-0.39, 0.29) is 29.2 Å². The molecule has 1 unspecified atom stereocenters. The summed E-state index contributed by atoms with van der Waals surface area (Å²) in [5.74, 6) is -4.48. The molecule has 216 valence electrons. The number of fused-ring (bicyclic) bond motifs is 1. The molecular weight excluding hydrogens is 565 g/mol. The number of rotatable bonds is 7. The number of hydrogen-bond acceptors (Lipinski definition) is 6. The van der Waals surface area contributed by atoms with Gasteiger partial charge >= 0.3 is 12.1 Å². The summed E-state index contributed by atoms with van der Waals surface area (Å²) < 4.78 is 81.2. The third kappa shape index (κ3) is 5.24. The highest BCUT2D eigenvalue weighted by Gasteiger charge is 2.47. The highest BCUT2D eigenvalue weighted by molar-refractivity contribution is 6.25. The minimum atomic E-state index is -4.84. The van der Waals surface area contributed by atoms with E-state index < -0.39 is 42.3 Å². The number of para-hydroxylation sites is 1. The number of carbonyl (C=O) groups excluding carboxylic acids is 1. The minimum Gasteiger partial charge on any atom is -0.457 e. The first-order valence-corrected chi connectivity index (χ1v) is 12.6. The largest absolute Gasteiger partial charge is 0.573 e. The second-order valence-electron chi connectivity index (χ2n) is 9.85. The van der Waals surface area contributed by atoms with Crippen LogP contribution in [-0.2, 0) is 4.79 Å². The Morgan fingerprint density at radius 3 is 2.40 bits per heavy atom. The van der Waals surface area contributed by atoms with Gasteiger partial charge in [-0.1, -0.05) is 18.2 Å². The predicted octanol–water partition coefficient (Wildman–Crippen LogP) is 6.15. The minimum absolute atomic E-state index is 0.0423. The summed E-state index contributed by atoms with van der Waals surface area (Å²) >= 11 is 0. The number of nitrogens with zero attached hydrogens (tertiary/aromatic N) is 2. The Morgan fingerprint density at radius 2 is 1.69 bits per heavy atom. The van der Waals surface area contributed by atoms with Gasteiger partial charge in [-0.15, -0.1) is 13.2 Å². The number of aromatic amines is 1. The molecule has 0 saturated carbocycles. The molecule has 1 amide bonds. The average molecular weight is 585 g/mol. The Kier molecular flexibility index (Phi) is 6.39. The maximum Gasteiger partial charge on any atom is 0.573 e. The Morgan fingerprint density at radius 1 is 0.976 bits per heavy atom. The lowest BCUT2D eigenvalue weighted by Crippen LogP contribution is -2.40. The average Bonchev–Trinajstić information content (AvgIpc) is 3.57. The summed E-state index contributed by atoms with van der Waals surface area (Å²) in [5, 5.41) is 0. The molecule has 2 aliphatic rings. The van der Waals surface area contributed by atoms with Crippen LogP contribution in [-0.4, -0.2) is 46.9 Å². The molecule has 3 aromatic carbocycles. The summed E-state index contributed by atoms with van der Waals surface area (Å²) in [4.78, 5) is 33.6. The summed E-state index contributed by atoms with van der Waals surface area (Å²) in [5.41, 5.74) is 2.48. The monoisotopic (exact) mass is 585 g/mol. The Bertz CT molecular complexity index is 1820. The lowest BCUT2D eigenvalue weighted by Gasteiger charge is -2.30. The fourth-order valence-corrected chi connectivity index (χ4v) is 5.19. The summed E-state index contributed by atoms with van der Waals surface area (Å²) in [6.45, 7) is -0.192. The molecule has 42 heavy (non-hydrogen) atoms. The Balaban J connectivity index is 1.37. The standard InChI is InChI=1S/C29H20F5N3O5/c1-28(30,31)14-37-24(15-4-2-5-18(12-15)40-16-8-10-17(11-9-16)42-29(32,33)34)22-20(26(37)38)13-35-23(22)19-6-3-7-21-25(19)41-27(39)36-21/h2-12,24H,13-14H2,1H3,(H,36,39). The van der Waals surface area contributed by atoms with E-state index in [0.717, 1.165) is 24.0 Å². The van der Waals surface area contributed by atoms with Crippen molar-refractivity contribution in [3.63, 3.8) is 0 Å². The molecule has 0 saturated heterocycles. The molecule has 4 aromatic rings. The van der Waals surface area contributed by atoms with Gasteiger partial charge in [0.2, 0.25) is 0 Å². The number of aliphatic imine (C=N–C) groups is 1. The van der Waals surface area contributed by atoms with Crippen LogP contribution in [0.2, 0.25) is 0 Å². The molecule has 0 fully saturated rings. The quantitative estimate of drug-likeness (QED) is 0.263. The van der Waals surface area contributed by atoms with E-state index in [1.165, 1.54) is 12.1 Å². The normalized spacial score (nSPS) is 17.2. The van der Waals surface area contributed by atoms with Gasteiger partial charge in [0.25, 0.3) is 11.8 Å². The van der Waals surface area contributed by atoms with Crippen molar-refractivity contribution in [1.82, 2.24) is 9.88 Å². The smallest absolute Gasteiger partial charge is 0.457 e. The van der Waals surface area contributed by atoms with E-state index in [9.17, 15) is 31.5 Å². The van der Waals surface area contributed by atoms with Gasteiger partial charge in [0.05, 0.1) is 30.4 Å². The van der Waals surface area contributed by atoms with Crippen molar-refractivity contribution in [3.8, 4) is 17.2 Å². The van der Waals surface area contributed by atoms with Gasteiger partial charge in [0.1, 0.15) is 17.2 Å². The van der Waals surface area contributed by atoms with Crippen LogP contribution in [0.1, 0.15) is 24.1 Å². The van der Waals surface area contributed by atoms with E-state index in [1.54, 1.807) is 42.5 Å².